The third-order valence-corrected chi connectivity index (χ3v) is 6.05. The Hall–Kier alpha value is -3.06. The zero-order valence-electron chi connectivity index (χ0n) is 16.2. The van der Waals surface area contributed by atoms with Gasteiger partial charge in [0, 0.05) is 18.3 Å². The first kappa shape index (κ1) is 18.0. The summed E-state index contributed by atoms with van der Waals surface area (Å²) < 4.78 is 11.5. The second-order valence-corrected chi connectivity index (χ2v) is 7.59. The van der Waals surface area contributed by atoms with Gasteiger partial charge >= 0.3 is 5.97 Å². The molecule has 0 spiro atoms. The van der Waals surface area contributed by atoms with Crippen molar-refractivity contribution in [1.29, 1.82) is 0 Å². The van der Waals surface area contributed by atoms with Gasteiger partial charge in [0.05, 0.1) is 36.0 Å². The Morgan fingerprint density at radius 1 is 1.10 bits per heavy atom. The fraction of sp³-hybridized carbons (Fsp3) is 0.364. The fourth-order valence-corrected chi connectivity index (χ4v) is 4.70. The van der Waals surface area contributed by atoms with Gasteiger partial charge in [-0.1, -0.05) is 12.1 Å². The first-order chi connectivity index (χ1) is 14.2. The fourth-order valence-electron chi connectivity index (χ4n) is 4.70. The van der Waals surface area contributed by atoms with Gasteiger partial charge in [-0.15, -0.1) is 0 Å². The van der Waals surface area contributed by atoms with E-state index in [1.807, 2.05) is 36.4 Å². The van der Waals surface area contributed by atoms with Crippen LogP contribution in [0.5, 0.6) is 0 Å². The first-order valence-corrected chi connectivity index (χ1v) is 9.88. The minimum atomic E-state index is -0.881. The Morgan fingerprint density at radius 3 is 2.52 bits per heavy atom. The Labute approximate surface area is 168 Å². The van der Waals surface area contributed by atoms with Crippen molar-refractivity contribution in [3.63, 3.8) is 0 Å². The number of rotatable bonds is 3. The molecular weight excluding hydrogens is 368 g/mol. The number of hydrogen-bond acceptors (Lipinski definition) is 7. The zero-order chi connectivity index (χ0) is 19.8. The van der Waals surface area contributed by atoms with Gasteiger partial charge in [-0.2, -0.15) is 5.10 Å². The van der Waals surface area contributed by atoms with Crippen LogP contribution in [-0.4, -0.2) is 40.5 Å². The molecule has 3 aliphatic rings. The molecular formula is C22H22N4O3. The standard InChI is InChI=1S/C22H22N4O3/c1-28-21(27)22-10-8-14-18(17(29-22)9-11-22)20(16-7-3-5-13-24-16)26-25-19(14)15-6-2-4-12-23-15/h2-7,12-14,17,26H,8-11H2,1H3. The average Bonchev–Trinajstić information content (AvgIpc) is 3.14. The number of carbonyl (C=O) groups is 1. The molecule has 0 aliphatic carbocycles. The topological polar surface area (TPSA) is 85.7 Å². The molecule has 2 saturated heterocycles. The van der Waals surface area contributed by atoms with E-state index >= 15 is 0 Å². The lowest BCUT2D eigenvalue weighted by Crippen LogP contribution is -2.39. The minimum absolute atomic E-state index is 0.0000118. The SMILES string of the molecule is COC(=O)C12CCC(O1)C1=C(c3ccccn3)NN=C(c3ccccn3)C1CC2. The molecule has 2 aromatic rings. The molecule has 29 heavy (non-hydrogen) atoms. The Morgan fingerprint density at radius 2 is 1.83 bits per heavy atom. The summed E-state index contributed by atoms with van der Waals surface area (Å²) in [4.78, 5) is 21.6. The predicted molar refractivity (Wildman–Crippen MR) is 107 cm³/mol. The molecule has 3 unspecified atom stereocenters. The second kappa shape index (κ2) is 7.08. The Kier molecular flexibility index (Phi) is 4.39. The normalized spacial score (nSPS) is 28.1. The Balaban J connectivity index is 1.63. The van der Waals surface area contributed by atoms with Crippen LogP contribution in [0.25, 0.3) is 5.70 Å². The van der Waals surface area contributed by atoms with Gasteiger partial charge in [-0.25, -0.2) is 4.79 Å². The smallest absolute Gasteiger partial charge is 0.338 e. The van der Waals surface area contributed by atoms with Crippen LogP contribution in [0.3, 0.4) is 0 Å². The van der Waals surface area contributed by atoms with Gasteiger partial charge in [-0.05, 0) is 55.5 Å². The summed E-state index contributed by atoms with van der Waals surface area (Å²) in [5.41, 5.74) is 6.82. The molecule has 0 aromatic carbocycles. The van der Waals surface area contributed by atoms with Crippen molar-refractivity contribution in [1.82, 2.24) is 15.4 Å². The van der Waals surface area contributed by atoms with E-state index in [1.165, 1.54) is 7.11 Å². The largest absolute Gasteiger partial charge is 0.467 e. The number of nitrogens with zero attached hydrogens (tertiary/aromatic N) is 3. The molecule has 1 N–H and O–H groups in total. The lowest BCUT2D eigenvalue weighted by Gasteiger charge is -2.30. The van der Waals surface area contributed by atoms with Gasteiger partial charge in [0.2, 0.25) is 0 Å². The second-order valence-electron chi connectivity index (χ2n) is 7.59. The molecule has 2 aromatic heterocycles. The molecule has 2 bridgehead atoms. The number of ether oxygens (including phenoxy) is 2. The summed E-state index contributed by atoms with van der Waals surface area (Å²) in [6.07, 6.45) is 6.08. The molecule has 5 heterocycles. The molecule has 0 saturated carbocycles. The lowest BCUT2D eigenvalue weighted by atomic mass is 9.77. The summed E-state index contributed by atoms with van der Waals surface area (Å²) in [7, 11) is 1.42. The Bertz CT molecular complexity index is 990. The maximum Gasteiger partial charge on any atom is 0.338 e. The minimum Gasteiger partial charge on any atom is -0.467 e. The van der Waals surface area contributed by atoms with E-state index in [-0.39, 0.29) is 18.0 Å². The highest BCUT2D eigenvalue weighted by atomic mass is 16.6. The highest BCUT2D eigenvalue weighted by Gasteiger charge is 2.53. The van der Waals surface area contributed by atoms with E-state index in [0.29, 0.717) is 12.8 Å². The monoisotopic (exact) mass is 390 g/mol. The number of fused-ring (bicyclic) bond motifs is 4. The maximum atomic E-state index is 12.6. The van der Waals surface area contributed by atoms with Crippen LogP contribution in [0.2, 0.25) is 0 Å². The van der Waals surface area contributed by atoms with Crippen molar-refractivity contribution < 1.29 is 14.3 Å². The number of nitrogens with one attached hydrogen (secondary N) is 1. The molecule has 0 radical (unpaired) electrons. The number of pyridine rings is 2. The van der Waals surface area contributed by atoms with Gasteiger partial charge in [0.25, 0.3) is 0 Å². The van der Waals surface area contributed by atoms with Gasteiger partial charge in [0.15, 0.2) is 5.60 Å². The third kappa shape index (κ3) is 2.93. The molecule has 7 heteroatoms. The van der Waals surface area contributed by atoms with Crippen LogP contribution in [0.4, 0.5) is 0 Å². The highest BCUT2D eigenvalue weighted by molar-refractivity contribution is 6.04. The number of hydrogen-bond donors (Lipinski definition) is 1. The maximum absolute atomic E-state index is 12.6. The van der Waals surface area contributed by atoms with Crippen molar-refractivity contribution in [2.24, 2.45) is 11.0 Å². The predicted octanol–water partition coefficient (Wildman–Crippen LogP) is 2.70. The van der Waals surface area contributed by atoms with E-state index in [1.54, 1.807) is 12.4 Å². The molecule has 5 rings (SSSR count). The van der Waals surface area contributed by atoms with Crippen molar-refractivity contribution in [2.45, 2.75) is 37.4 Å². The van der Waals surface area contributed by atoms with E-state index in [2.05, 4.69) is 20.5 Å². The first-order valence-electron chi connectivity index (χ1n) is 9.88. The van der Waals surface area contributed by atoms with Crippen molar-refractivity contribution in [2.75, 3.05) is 7.11 Å². The molecule has 148 valence electrons. The number of carbonyl (C=O) groups excluding carboxylic acids is 1. The van der Waals surface area contributed by atoms with Gasteiger partial charge in [0.1, 0.15) is 0 Å². The van der Waals surface area contributed by atoms with Crippen molar-refractivity contribution in [3.8, 4) is 0 Å². The molecule has 3 aliphatic heterocycles. The van der Waals surface area contributed by atoms with Crippen LogP contribution < -0.4 is 5.43 Å². The lowest BCUT2D eigenvalue weighted by molar-refractivity contribution is -0.166. The summed E-state index contributed by atoms with van der Waals surface area (Å²) in [6.45, 7) is 0. The highest BCUT2D eigenvalue weighted by Crippen LogP contribution is 2.48. The summed E-state index contributed by atoms with van der Waals surface area (Å²) in [5, 5.41) is 4.69. The molecule has 7 nitrogen and oxygen atoms in total. The number of methoxy groups -OCH3 is 1. The zero-order valence-corrected chi connectivity index (χ0v) is 16.2. The van der Waals surface area contributed by atoms with E-state index in [4.69, 9.17) is 9.47 Å². The van der Waals surface area contributed by atoms with E-state index < -0.39 is 5.60 Å². The van der Waals surface area contributed by atoms with Gasteiger partial charge < -0.3 is 9.47 Å². The number of esters is 1. The molecule has 3 atom stereocenters. The summed E-state index contributed by atoms with van der Waals surface area (Å²) in [6, 6.07) is 11.6. The molecule has 0 amide bonds. The summed E-state index contributed by atoms with van der Waals surface area (Å²) in [5.74, 6) is -0.289. The van der Waals surface area contributed by atoms with Crippen LogP contribution in [0, 0.1) is 5.92 Å². The molecule has 2 fully saturated rings. The van der Waals surface area contributed by atoms with Crippen molar-refractivity contribution >= 4 is 17.4 Å². The quantitative estimate of drug-likeness (QED) is 0.811. The number of hydrazone groups is 1. The van der Waals surface area contributed by atoms with E-state index in [9.17, 15) is 4.79 Å². The number of aromatic nitrogens is 2. The van der Waals surface area contributed by atoms with E-state index in [0.717, 1.165) is 41.2 Å². The van der Waals surface area contributed by atoms with Crippen LogP contribution in [0.1, 0.15) is 37.1 Å². The van der Waals surface area contributed by atoms with Crippen LogP contribution in [0.15, 0.2) is 59.5 Å². The average molecular weight is 390 g/mol. The van der Waals surface area contributed by atoms with Crippen molar-refractivity contribution in [3.05, 3.63) is 65.8 Å². The van der Waals surface area contributed by atoms with Gasteiger partial charge in [-0.3, -0.25) is 15.4 Å². The van der Waals surface area contributed by atoms with Crippen LogP contribution >= 0.6 is 0 Å². The third-order valence-electron chi connectivity index (χ3n) is 6.05. The summed E-state index contributed by atoms with van der Waals surface area (Å²) >= 11 is 0. The van der Waals surface area contributed by atoms with Crippen LogP contribution in [-0.2, 0) is 14.3 Å².